The molecule has 1 aromatic carbocycles. The lowest BCUT2D eigenvalue weighted by molar-refractivity contribution is 0.281. The van der Waals surface area contributed by atoms with Gasteiger partial charge in [0, 0.05) is 10.7 Å². The summed E-state index contributed by atoms with van der Waals surface area (Å²) in [5, 5.41) is 9.00. The van der Waals surface area contributed by atoms with Crippen molar-refractivity contribution in [1.82, 2.24) is 4.98 Å². The Kier molecular flexibility index (Phi) is 4.18. The average molecular weight is 343 g/mol. The molecule has 7 heteroatoms. The predicted octanol–water partition coefficient (Wildman–Crippen LogP) is 2.14. The second kappa shape index (κ2) is 5.68. The third-order valence-corrected chi connectivity index (χ3v) is 4.70. The molecule has 0 fully saturated rings. The van der Waals surface area contributed by atoms with Crippen LogP contribution in [-0.2, 0) is 16.6 Å². The van der Waals surface area contributed by atoms with Gasteiger partial charge in [0.15, 0.2) is 0 Å². The highest BCUT2D eigenvalue weighted by molar-refractivity contribution is 9.10. The van der Waals surface area contributed by atoms with E-state index in [1.54, 1.807) is 30.3 Å². The number of rotatable bonds is 4. The molecule has 0 saturated carbocycles. The van der Waals surface area contributed by atoms with Crippen LogP contribution in [0.1, 0.15) is 5.56 Å². The number of hydrogen-bond acceptors (Lipinski definition) is 4. The van der Waals surface area contributed by atoms with Gasteiger partial charge in [0.1, 0.15) is 10.7 Å². The fraction of sp³-hybridized carbons (Fsp3) is 0.0833. The number of nitrogens with one attached hydrogen (secondary N) is 1. The van der Waals surface area contributed by atoms with Crippen molar-refractivity contribution in [2.24, 2.45) is 0 Å². The number of hydrogen-bond donors (Lipinski definition) is 2. The van der Waals surface area contributed by atoms with E-state index in [2.05, 4.69) is 25.6 Å². The molecule has 2 rings (SSSR count). The zero-order chi connectivity index (χ0) is 13.9. The van der Waals surface area contributed by atoms with Crippen molar-refractivity contribution < 1.29 is 13.5 Å². The highest BCUT2D eigenvalue weighted by atomic mass is 79.9. The Morgan fingerprint density at radius 1 is 1.26 bits per heavy atom. The Hall–Kier alpha value is -1.44. The van der Waals surface area contributed by atoms with Crippen molar-refractivity contribution in [3.8, 4) is 0 Å². The molecule has 0 saturated heterocycles. The first-order valence-electron chi connectivity index (χ1n) is 5.36. The van der Waals surface area contributed by atoms with Gasteiger partial charge in [-0.2, -0.15) is 0 Å². The van der Waals surface area contributed by atoms with E-state index in [1.165, 1.54) is 12.3 Å². The summed E-state index contributed by atoms with van der Waals surface area (Å²) in [6.07, 6.45) is 1.50. The predicted molar refractivity (Wildman–Crippen MR) is 75.1 cm³/mol. The summed E-state index contributed by atoms with van der Waals surface area (Å²) < 4.78 is 27.1. The zero-order valence-corrected chi connectivity index (χ0v) is 12.1. The SMILES string of the molecule is O=S(=O)(Nc1ccccn1)c1ccc(CO)cc1Br. The van der Waals surface area contributed by atoms with E-state index in [-0.39, 0.29) is 17.3 Å². The highest BCUT2D eigenvalue weighted by Crippen LogP contribution is 2.24. The molecular formula is C12H11BrN2O3S. The molecule has 0 aliphatic rings. The van der Waals surface area contributed by atoms with Crippen LogP contribution in [0.5, 0.6) is 0 Å². The third-order valence-electron chi connectivity index (χ3n) is 2.37. The van der Waals surface area contributed by atoms with E-state index < -0.39 is 10.0 Å². The van der Waals surface area contributed by atoms with E-state index in [9.17, 15) is 8.42 Å². The van der Waals surface area contributed by atoms with Crippen LogP contribution >= 0.6 is 15.9 Å². The van der Waals surface area contributed by atoms with E-state index in [4.69, 9.17) is 5.11 Å². The molecule has 1 heterocycles. The van der Waals surface area contributed by atoms with Gasteiger partial charge in [0.25, 0.3) is 10.0 Å². The van der Waals surface area contributed by atoms with Gasteiger partial charge in [0.2, 0.25) is 0 Å². The minimum absolute atomic E-state index is 0.0929. The first kappa shape index (κ1) is 14.0. The normalized spacial score (nSPS) is 11.3. The summed E-state index contributed by atoms with van der Waals surface area (Å²) in [6, 6.07) is 9.50. The van der Waals surface area contributed by atoms with Crippen molar-refractivity contribution in [2.75, 3.05) is 4.72 Å². The Bertz CT molecular complexity index is 675. The third kappa shape index (κ3) is 3.31. The van der Waals surface area contributed by atoms with Crippen LogP contribution in [0.25, 0.3) is 0 Å². The largest absolute Gasteiger partial charge is 0.392 e. The lowest BCUT2D eigenvalue weighted by Crippen LogP contribution is -2.14. The number of aliphatic hydroxyl groups is 1. The highest BCUT2D eigenvalue weighted by Gasteiger charge is 2.18. The van der Waals surface area contributed by atoms with Crippen LogP contribution in [-0.4, -0.2) is 18.5 Å². The van der Waals surface area contributed by atoms with Gasteiger partial charge >= 0.3 is 0 Å². The summed E-state index contributed by atoms with van der Waals surface area (Å²) in [7, 11) is -3.71. The van der Waals surface area contributed by atoms with Crippen molar-refractivity contribution >= 4 is 31.8 Å². The molecular weight excluding hydrogens is 332 g/mol. The fourth-order valence-electron chi connectivity index (χ4n) is 1.48. The van der Waals surface area contributed by atoms with Gasteiger partial charge in [-0.05, 0) is 45.8 Å². The molecule has 5 nitrogen and oxygen atoms in total. The maximum absolute atomic E-state index is 12.2. The minimum Gasteiger partial charge on any atom is -0.392 e. The van der Waals surface area contributed by atoms with Gasteiger partial charge in [-0.25, -0.2) is 13.4 Å². The van der Waals surface area contributed by atoms with Gasteiger partial charge < -0.3 is 5.11 Å². The molecule has 1 aromatic heterocycles. The number of nitrogens with zero attached hydrogens (tertiary/aromatic N) is 1. The van der Waals surface area contributed by atoms with Gasteiger partial charge in [-0.1, -0.05) is 12.1 Å². The van der Waals surface area contributed by atoms with Crippen molar-refractivity contribution in [3.05, 3.63) is 52.6 Å². The van der Waals surface area contributed by atoms with Gasteiger partial charge in [-0.15, -0.1) is 0 Å². The maximum Gasteiger partial charge on any atom is 0.264 e. The average Bonchev–Trinajstić information content (AvgIpc) is 2.38. The Morgan fingerprint density at radius 2 is 2.05 bits per heavy atom. The topological polar surface area (TPSA) is 79.3 Å². The summed E-state index contributed by atoms with van der Waals surface area (Å²) in [4.78, 5) is 4.00. The number of pyridine rings is 1. The summed E-state index contributed by atoms with van der Waals surface area (Å²) >= 11 is 3.19. The quantitative estimate of drug-likeness (QED) is 0.891. The molecule has 100 valence electrons. The van der Waals surface area contributed by atoms with Crippen molar-refractivity contribution in [1.29, 1.82) is 0 Å². The van der Waals surface area contributed by atoms with E-state index >= 15 is 0 Å². The van der Waals surface area contributed by atoms with Crippen LogP contribution < -0.4 is 4.72 Å². The Labute approximate surface area is 119 Å². The first-order chi connectivity index (χ1) is 9.03. The Balaban J connectivity index is 2.35. The molecule has 0 bridgehead atoms. The van der Waals surface area contributed by atoms with Crippen LogP contribution in [0.15, 0.2) is 52.0 Å². The number of halogens is 1. The minimum atomic E-state index is -3.71. The fourth-order valence-corrected chi connectivity index (χ4v) is 3.61. The first-order valence-corrected chi connectivity index (χ1v) is 7.64. The number of anilines is 1. The van der Waals surface area contributed by atoms with Crippen LogP contribution in [0.3, 0.4) is 0 Å². The molecule has 0 aliphatic carbocycles. The molecule has 0 aliphatic heterocycles. The lowest BCUT2D eigenvalue weighted by atomic mass is 10.2. The molecule has 0 radical (unpaired) electrons. The Morgan fingerprint density at radius 3 is 2.63 bits per heavy atom. The van der Waals surface area contributed by atoms with Crippen molar-refractivity contribution in [3.63, 3.8) is 0 Å². The van der Waals surface area contributed by atoms with Crippen LogP contribution in [0, 0.1) is 0 Å². The van der Waals surface area contributed by atoms with E-state index in [0.29, 0.717) is 10.0 Å². The maximum atomic E-state index is 12.2. The van der Waals surface area contributed by atoms with E-state index in [0.717, 1.165) is 0 Å². The second-order valence-electron chi connectivity index (χ2n) is 3.74. The molecule has 2 N–H and O–H groups in total. The molecule has 0 unspecified atom stereocenters. The standard InChI is InChI=1S/C12H11BrN2O3S/c13-10-7-9(8-16)4-5-11(10)19(17,18)15-12-3-1-2-6-14-12/h1-7,16H,8H2,(H,14,15). The smallest absolute Gasteiger partial charge is 0.264 e. The number of aliphatic hydroxyl groups excluding tert-OH is 1. The lowest BCUT2D eigenvalue weighted by Gasteiger charge is -2.09. The molecule has 0 amide bonds. The zero-order valence-electron chi connectivity index (χ0n) is 9.75. The summed E-state index contributed by atoms with van der Waals surface area (Å²) in [5.41, 5.74) is 0.628. The van der Waals surface area contributed by atoms with E-state index in [1.807, 2.05) is 0 Å². The molecule has 19 heavy (non-hydrogen) atoms. The number of benzene rings is 1. The molecule has 0 spiro atoms. The van der Waals surface area contributed by atoms with Crippen LogP contribution in [0.4, 0.5) is 5.82 Å². The molecule has 2 aromatic rings. The number of sulfonamides is 1. The van der Waals surface area contributed by atoms with Gasteiger partial charge in [-0.3, -0.25) is 4.72 Å². The summed E-state index contributed by atoms with van der Waals surface area (Å²) in [5.74, 6) is 0.251. The monoisotopic (exact) mass is 342 g/mol. The van der Waals surface area contributed by atoms with Crippen LogP contribution in [0.2, 0.25) is 0 Å². The molecule has 0 atom stereocenters. The summed E-state index contributed by atoms with van der Waals surface area (Å²) in [6.45, 7) is -0.146. The van der Waals surface area contributed by atoms with Crippen molar-refractivity contribution in [2.45, 2.75) is 11.5 Å². The second-order valence-corrected chi connectivity index (χ2v) is 6.25. The number of aromatic nitrogens is 1. The van der Waals surface area contributed by atoms with Gasteiger partial charge in [0.05, 0.1) is 6.61 Å².